The number of Topliss-reactive ketones (excluding diaryl/α,β-unsaturated/α-hetero) is 1. The van der Waals surface area contributed by atoms with Gasteiger partial charge in [-0.2, -0.15) is 0 Å². The van der Waals surface area contributed by atoms with E-state index in [4.69, 9.17) is 0 Å². The SMILES string of the molecule is CC(C)(C)S[C@@H](CC(=O)c1ccccc1)c1ccccc1. The summed E-state index contributed by atoms with van der Waals surface area (Å²) < 4.78 is 0.122. The van der Waals surface area contributed by atoms with Gasteiger partial charge in [0.15, 0.2) is 5.78 Å². The van der Waals surface area contributed by atoms with Gasteiger partial charge in [-0.15, -0.1) is 11.8 Å². The summed E-state index contributed by atoms with van der Waals surface area (Å²) in [5.41, 5.74) is 2.02. The van der Waals surface area contributed by atoms with E-state index >= 15 is 0 Å². The Bertz CT molecular complexity index is 570. The lowest BCUT2D eigenvalue weighted by molar-refractivity contribution is 0.0982. The molecule has 110 valence electrons. The van der Waals surface area contributed by atoms with Crippen LogP contribution >= 0.6 is 11.8 Å². The van der Waals surface area contributed by atoms with Crippen LogP contribution in [0.25, 0.3) is 0 Å². The number of thioether (sulfide) groups is 1. The van der Waals surface area contributed by atoms with Crippen molar-refractivity contribution in [2.45, 2.75) is 37.2 Å². The molecule has 0 saturated heterocycles. The van der Waals surface area contributed by atoms with E-state index in [9.17, 15) is 4.79 Å². The van der Waals surface area contributed by atoms with Gasteiger partial charge in [0.05, 0.1) is 0 Å². The molecule has 0 amide bonds. The molecular weight excluding hydrogens is 276 g/mol. The van der Waals surface area contributed by atoms with Gasteiger partial charge >= 0.3 is 0 Å². The molecule has 0 heterocycles. The van der Waals surface area contributed by atoms with Crippen molar-refractivity contribution in [2.75, 3.05) is 0 Å². The predicted octanol–water partition coefficient (Wildman–Crippen LogP) is 5.53. The highest BCUT2D eigenvalue weighted by atomic mass is 32.2. The van der Waals surface area contributed by atoms with Gasteiger partial charge in [0.2, 0.25) is 0 Å². The molecule has 2 aromatic rings. The Morgan fingerprint density at radius 3 is 2.00 bits per heavy atom. The zero-order chi connectivity index (χ0) is 15.3. The van der Waals surface area contributed by atoms with Crippen LogP contribution in [0.3, 0.4) is 0 Å². The van der Waals surface area contributed by atoms with Crippen molar-refractivity contribution in [3.05, 3.63) is 71.8 Å². The molecule has 2 aromatic carbocycles. The molecule has 2 heteroatoms. The largest absolute Gasteiger partial charge is 0.294 e. The first kappa shape index (κ1) is 15.8. The van der Waals surface area contributed by atoms with Gasteiger partial charge in [-0.05, 0) is 5.56 Å². The van der Waals surface area contributed by atoms with Gasteiger partial charge in [0.25, 0.3) is 0 Å². The molecule has 0 radical (unpaired) electrons. The first-order valence-corrected chi connectivity index (χ1v) is 8.15. The molecule has 0 saturated carbocycles. The number of carbonyl (C=O) groups excluding carboxylic acids is 1. The van der Waals surface area contributed by atoms with E-state index in [0.29, 0.717) is 6.42 Å². The zero-order valence-electron chi connectivity index (χ0n) is 12.9. The Labute approximate surface area is 131 Å². The summed E-state index contributed by atoms with van der Waals surface area (Å²) in [6.07, 6.45) is 0.538. The number of hydrogen-bond donors (Lipinski definition) is 0. The van der Waals surface area contributed by atoms with Crippen LogP contribution in [0.2, 0.25) is 0 Å². The van der Waals surface area contributed by atoms with E-state index in [1.54, 1.807) is 0 Å². The quantitative estimate of drug-likeness (QED) is 0.675. The summed E-state index contributed by atoms with van der Waals surface area (Å²) in [5, 5.41) is 0.193. The molecule has 0 fully saturated rings. The van der Waals surface area contributed by atoms with Crippen LogP contribution in [0.4, 0.5) is 0 Å². The molecule has 0 unspecified atom stereocenters. The fourth-order valence-corrected chi connectivity index (χ4v) is 3.61. The molecule has 2 rings (SSSR count). The van der Waals surface area contributed by atoms with Crippen LogP contribution in [0.1, 0.15) is 48.4 Å². The van der Waals surface area contributed by atoms with E-state index in [-0.39, 0.29) is 15.8 Å². The second-order valence-electron chi connectivity index (χ2n) is 6.12. The number of rotatable bonds is 5. The molecule has 0 aromatic heterocycles. The van der Waals surface area contributed by atoms with Crippen molar-refractivity contribution in [1.29, 1.82) is 0 Å². The standard InChI is InChI=1S/C19H22OS/c1-19(2,3)21-18(16-12-8-5-9-13-16)14-17(20)15-10-6-4-7-11-15/h4-13,18H,14H2,1-3H3/t18-/m0/s1. The Morgan fingerprint density at radius 2 is 1.48 bits per heavy atom. The van der Waals surface area contributed by atoms with E-state index in [1.807, 2.05) is 60.3 Å². The minimum Gasteiger partial charge on any atom is -0.294 e. The molecule has 0 N–H and O–H groups in total. The summed E-state index contributed by atoms with van der Waals surface area (Å²) >= 11 is 1.86. The van der Waals surface area contributed by atoms with Crippen molar-refractivity contribution in [3.63, 3.8) is 0 Å². The topological polar surface area (TPSA) is 17.1 Å². The lowest BCUT2D eigenvalue weighted by Gasteiger charge is -2.25. The molecule has 0 spiro atoms. The summed E-state index contributed by atoms with van der Waals surface area (Å²) in [4.78, 5) is 12.5. The van der Waals surface area contributed by atoms with Gasteiger partial charge in [-0.25, -0.2) is 0 Å². The third-order valence-corrected chi connectivity index (χ3v) is 4.56. The average Bonchev–Trinajstić information content (AvgIpc) is 2.47. The van der Waals surface area contributed by atoms with Crippen molar-refractivity contribution in [2.24, 2.45) is 0 Å². The van der Waals surface area contributed by atoms with Crippen LogP contribution in [-0.4, -0.2) is 10.5 Å². The average molecular weight is 298 g/mol. The van der Waals surface area contributed by atoms with Gasteiger partial charge in [0, 0.05) is 22.0 Å². The molecule has 1 nitrogen and oxygen atoms in total. The fourth-order valence-electron chi connectivity index (χ4n) is 2.23. The minimum absolute atomic E-state index is 0.122. The molecule has 1 atom stereocenters. The monoisotopic (exact) mass is 298 g/mol. The summed E-state index contributed by atoms with van der Waals surface area (Å²) in [6, 6.07) is 19.9. The van der Waals surface area contributed by atoms with Crippen LogP contribution < -0.4 is 0 Å². The fraction of sp³-hybridized carbons (Fsp3) is 0.316. The van der Waals surface area contributed by atoms with Gasteiger partial charge < -0.3 is 0 Å². The maximum absolute atomic E-state index is 12.5. The number of ketones is 1. The summed E-state index contributed by atoms with van der Waals surface area (Å²) in [6.45, 7) is 6.59. The number of benzene rings is 2. The van der Waals surface area contributed by atoms with Crippen molar-refractivity contribution in [3.8, 4) is 0 Å². The summed E-state index contributed by atoms with van der Waals surface area (Å²) in [5.74, 6) is 0.209. The van der Waals surface area contributed by atoms with Crippen LogP contribution in [0.15, 0.2) is 60.7 Å². The van der Waals surface area contributed by atoms with Gasteiger partial charge in [-0.3, -0.25) is 4.79 Å². The van der Waals surface area contributed by atoms with Gasteiger partial charge in [0.1, 0.15) is 0 Å². The third-order valence-electron chi connectivity index (χ3n) is 3.13. The van der Waals surface area contributed by atoms with Gasteiger partial charge in [-0.1, -0.05) is 81.4 Å². The molecule has 0 bridgehead atoms. The Hall–Kier alpha value is -1.54. The lowest BCUT2D eigenvalue weighted by atomic mass is 10.0. The summed E-state index contributed by atoms with van der Waals surface area (Å²) in [7, 11) is 0. The van der Waals surface area contributed by atoms with E-state index < -0.39 is 0 Å². The second-order valence-corrected chi connectivity index (χ2v) is 8.15. The lowest BCUT2D eigenvalue weighted by Crippen LogP contribution is -2.14. The second kappa shape index (κ2) is 6.95. The number of hydrogen-bond acceptors (Lipinski definition) is 2. The maximum atomic E-state index is 12.5. The first-order chi connectivity index (χ1) is 9.96. The molecule has 21 heavy (non-hydrogen) atoms. The van der Waals surface area contributed by atoms with E-state index in [0.717, 1.165) is 5.56 Å². The first-order valence-electron chi connectivity index (χ1n) is 7.27. The van der Waals surface area contributed by atoms with Crippen LogP contribution in [-0.2, 0) is 0 Å². The Morgan fingerprint density at radius 1 is 0.952 bits per heavy atom. The molecule has 0 aliphatic rings. The van der Waals surface area contributed by atoms with E-state index in [1.165, 1.54) is 5.56 Å². The Balaban J connectivity index is 2.19. The molecule has 0 aliphatic carbocycles. The normalized spacial score (nSPS) is 12.9. The smallest absolute Gasteiger partial charge is 0.164 e. The van der Waals surface area contributed by atoms with Crippen molar-refractivity contribution >= 4 is 17.5 Å². The highest BCUT2D eigenvalue weighted by molar-refractivity contribution is 8.00. The third kappa shape index (κ3) is 5.05. The van der Waals surface area contributed by atoms with Crippen molar-refractivity contribution in [1.82, 2.24) is 0 Å². The minimum atomic E-state index is 0.122. The Kier molecular flexibility index (Phi) is 5.24. The highest BCUT2D eigenvalue weighted by Gasteiger charge is 2.23. The number of carbonyl (C=O) groups is 1. The molecule has 0 aliphatic heterocycles. The van der Waals surface area contributed by atoms with E-state index in [2.05, 4.69) is 32.9 Å². The highest BCUT2D eigenvalue weighted by Crippen LogP contribution is 2.41. The zero-order valence-corrected chi connectivity index (χ0v) is 13.7. The van der Waals surface area contributed by atoms with Crippen LogP contribution in [0.5, 0.6) is 0 Å². The molecular formula is C19H22OS. The van der Waals surface area contributed by atoms with Crippen molar-refractivity contribution < 1.29 is 4.79 Å². The predicted molar refractivity (Wildman–Crippen MR) is 91.9 cm³/mol. The maximum Gasteiger partial charge on any atom is 0.164 e. The van der Waals surface area contributed by atoms with Crippen LogP contribution in [0, 0.1) is 0 Å².